The molecule has 0 bridgehead atoms. The summed E-state index contributed by atoms with van der Waals surface area (Å²) in [7, 11) is 0. The van der Waals surface area contributed by atoms with Crippen molar-refractivity contribution in [2.75, 3.05) is 0 Å². The number of halogens is 2. The molecular weight excluding hydrogens is 277 g/mol. The van der Waals surface area contributed by atoms with Gasteiger partial charge in [0.05, 0.1) is 17.0 Å². The van der Waals surface area contributed by atoms with Gasteiger partial charge in [-0.25, -0.2) is 0 Å². The number of nitriles is 1. The van der Waals surface area contributed by atoms with E-state index in [1.807, 2.05) is 0 Å². The lowest BCUT2D eigenvalue weighted by atomic mass is 9.96. The van der Waals surface area contributed by atoms with Crippen LogP contribution in [0.25, 0.3) is 0 Å². The van der Waals surface area contributed by atoms with E-state index in [4.69, 9.17) is 16.9 Å². The van der Waals surface area contributed by atoms with Gasteiger partial charge in [-0.3, -0.25) is 4.79 Å². The fraction of sp³-hybridized carbons (Fsp3) is 0.273. The number of carbonyl (C=O) groups is 1. The van der Waals surface area contributed by atoms with E-state index in [9.17, 15) is 4.79 Å². The average Bonchev–Trinajstić information content (AvgIpc) is 2.19. The first-order valence-corrected chi connectivity index (χ1v) is 5.56. The van der Waals surface area contributed by atoms with Crippen LogP contribution in [0.15, 0.2) is 22.7 Å². The molecule has 0 aliphatic heterocycles. The molecule has 0 heterocycles. The Balaban J connectivity index is 3.08. The lowest BCUT2D eigenvalue weighted by Crippen LogP contribution is -2.03. The molecule has 1 atom stereocenters. The molecule has 4 heteroatoms. The van der Waals surface area contributed by atoms with Gasteiger partial charge in [0.2, 0.25) is 0 Å². The molecule has 78 valence electrons. The molecule has 0 radical (unpaired) electrons. The first-order chi connectivity index (χ1) is 7.06. The summed E-state index contributed by atoms with van der Waals surface area (Å²) in [5, 5.41) is 9.53. The van der Waals surface area contributed by atoms with Crippen LogP contribution in [-0.2, 0) is 4.79 Å². The van der Waals surface area contributed by atoms with Crippen molar-refractivity contribution in [2.24, 2.45) is 0 Å². The molecule has 1 rings (SSSR count). The maximum Gasteiger partial charge on any atom is 0.131 e. The summed E-state index contributed by atoms with van der Waals surface area (Å²) in [5.74, 6) is -0.441. The van der Waals surface area contributed by atoms with Crippen molar-refractivity contribution in [3.05, 3.63) is 33.3 Å². The van der Waals surface area contributed by atoms with Crippen LogP contribution in [0.3, 0.4) is 0 Å². The Hall–Kier alpha value is -0.850. The molecule has 0 aliphatic carbocycles. The Kier molecular flexibility index (Phi) is 4.31. The van der Waals surface area contributed by atoms with Gasteiger partial charge in [-0.2, -0.15) is 5.26 Å². The molecule has 0 saturated carbocycles. The van der Waals surface area contributed by atoms with Crippen molar-refractivity contribution in [1.82, 2.24) is 0 Å². The van der Waals surface area contributed by atoms with Gasteiger partial charge < -0.3 is 0 Å². The van der Waals surface area contributed by atoms with E-state index in [1.54, 1.807) is 18.2 Å². The van der Waals surface area contributed by atoms with E-state index in [0.29, 0.717) is 9.50 Å². The van der Waals surface area contributed by atoms with Gasteiger partial charge in [-0.05, 0) is 34.5 Å². The van der Waals surface area contributed by atoms with Crippen molar-refractivity contribution in [1.29, 1.82) is 5.26 Å². The third-order valence-electron chi connectivity index (χ3n) is 2.00. The van der Waals surface area contributed by atoms with E-state index >= 15 is 0 Å². The summed E-state index contributed by atoms with van der Waals surface area (Å²) in [6.07, 6.45) is 0.218. The zero-order chi connectivity index (χ0) is 11.4. The van der Waals surface area contributed by atoms with Crippen LogP contribution < -0.4 is 0 Å². The highest BCUT2D eigenvalue weighted by Gasteiger charge is 2.17. The molecule has 1 unspecified atom stereocenters. The Bertz CT molecular complexity index is 425. The Morgan fingerprint density at radius 2 is 2.33 bits per heavy atom. The van der Waals surface area contributed by atoms with Gasteiger partial charge in [0.1, 0.15) is 5.78 Å². The van der Waals surface area contributed by atoms with Crippen LogP contribution in [0.5, 0.6) is 0 Å². The van der Waals surface area contributed by atoms with Crippen molar-refractivity contribution in [3.8, 4) is 6.07 Å². The molecule has 0 amide bonds. The monoisotopic (exact) mass is 285 g/mol. The molecular formula is C11H9BrClNO. The predicted molar refractivity (Wildman–Crippen MR) is 62.8 cm³/mol. The third kappa shape index (κ3) is 3.05. The lowest BCUT2D eigenvalue weighted by molar-refractivity contribution is -0.117. The van der Waals surface area contributed by atoms with Gasteiger partial charge in [0.25, 0.3) is 0 Å². The number of nitrogens with zero attached hydrogens (tertiary/aromatic N) is 1. The average molecular weight is 287 g/mol. The number of Topliss-reactive ketones (excluding diaryl/α,β-unsaturated/α-hetero) is 1. The minimum atomic E-state index is -0.435. The molecule has 1 aromatic rings. The molecule has 1 aromatic carbocycles. The zero-order valence-electron chi connectivity index (χ0n) is 8.13. The minimum Gasteiger partial charge on any atom is -0.300 e. The standard InChI is InChI=1S/C11H9BrClNO/c1-7(15)5-8(6-14)9-3-2-4-10(13)11(9)12/h2-4,8H,5H2,1H3. The van der Waals surface area contributed by atoms with Gasteiger partial charge in [0, 0.05) is 10.9 Å². The van der Waals surface area contributed by atoms with Gasteiger partial charge in [-0.15, -0.1) is 0 Å². The van der Waals surface area contributed by atoms with E-state index in [1.165, 1.54) is 6.92 Å². The van der Waals surface area contributed by atoms with Crippen molar-refractivity contribution < 1.29 is 4.79 Å². The summed E-state index contributed by atoms with van der Waals surface area (Å²) in [6, 6.07) is 7.41. The van der Waals surface area contributed by atoms with Crippen LogP contribution >= 0.6 is 27.5 Å². The minimum absolute atomic E-state index is 0.00609. The molecule has 0 saturated heterocycles. The molecule has 2 nitrogen and oxygen atoms in total. The quantitative estimate of drug-likeness (QED) is 0.850. The molecule has 15 heavy (non-hydrogen) atoms. The predicted octanol–water partition coefficient (Wildman–Crippen LogP) is 3.69. The molecule has 0 aromatic heterocycles. The summed E-state index contributed by atoms with van der Waals surface area (Å²) < 4.78 is 0.694. The molecule has 0 fully saturated rings. The second-order valence-electron chi connectivity index (χ2n) is 3.23. The zero-order valence-corrected chi connectivity index (χ0v) is 10.5. The first kappa shape index (κ1) is 12.2. The number of ketones is 1. The van der Waals surface area contributed by atoms with Crippen LogP contribution in [-0.4, -0.2) is 5.78 Å². The Morgan fingerprint density at radius 1 is 1.67 bits per heavy atom. The van der Waals surface area contributed by atoms with E-state index in [2.05, 4.69) is 22.0 Å². The highest BCUT2D eigenvalue weighted by molar-refractivity contribution is 9.10. The maximum atomic E-state index is 11.0. The third-order valence-corrected chi connectivity index (χ3v) is 3.43. The van der Waals surface area contributed by atoms with Crippen LogP contribution in [0.1, 0.15) is 24.8 Å². The van der Waals surface area contributed by atoms with Gasteiger partial charge in [0.15, 0.2) is 0 Å². The highest BCUT2D eigenvalue weighted by atomic mass is 79.9. The fourth-order valence-corrected chi connectivity index (χ4v) is 2.02. The van der Waals surface area contributed by atoms with Crippen LogP contribution in [0.2, 0.25) is 5.02 Å². The maximum absolute atomic E-state index is 11.0. The molecule has 0 aliphatic rings. The molecule has 0 N–H and O–H groups in total. The van der Waals surface area contributed by atoms with E-state index < -0.39 is 5.92 Å². The number of carbonyl (C=O) groups excluding carboxylic acids is 1. The summed E-state index contributed by atoms with van der Waals surface area (Å²) in [6.45, 7) is 1.47. The largest absolute Gasteiger partial charge is 0.300 e. The van der Waals surface area contributed by atoms with E-state index in [-0.39, 0.29) is 12.2 Å². The number of hydrogen-bond donors (Lipinski definition) is 0. The smallest absolute Gasteiger partial charge is 0.131 e. The number of rotatable bonds is 3. The lowest BCUT2D eigenvalue weighted by Gasteiger charge is -2.10. The normalized spacial score (nSPS) is 11.9. The fourth-order valence-electron chi connectivity index (χ4n) is 1.30. The first-order valence-electron chi connectivity index (χ1n) is 4.39. The van der Waals surface area contributed by atoms with Crippen molar-refractivity contribution in [3.63, 3.8) is 0 Å². The van der Waals surface area contributed by atoms with Crippen molar-refractivity contribution in [2.45, 2.75) is 19.3 Å². The topological polar surface area (TPSA) is 40.9 Å². The van der Waals surface area contributed by atoms with Gasteiger partial charge >= 0.3 is 0 Å². The number of benzene rings is 1. The summed E-state index contributed by atoms with van der Waals surface area (Å²) in [5.41, 5.74) is 0.764. The SMILES string of the molecule is CC(=O)CC(C#N)c1cccc(Cl)c1Br. The summed E-state index contributed by atoms with van der Waals surface area (Å²) >= 11 is 9.23. The second kappa shape index (κ2) is 5.29. The van der Waals surface area contributed by atoms with E-state index in [0.717, 1.165) is 5.56 Å². The van der Waals surface area contributed by atoms with Gasteiger partial charge in [-0.1, -0.05) is 23.7 Å². The number of hydrogen-bond acceptors (Lipinski definition) is 2. The Labute approximate surface area is 102 Å². The molecule has 0 spiro atoms. The van der Waals surface area contributed by atoms with Crippen LogP contribution in [0, 0.1) is 11.3 Å². The highest BCUT2D eigenvalue weighted by Crippen LogP contribution is 2.32. The van der Waals surface area contributed by atoms with Crippen LogP contribution in [0.4, 0.5) is 0 Å². The Morgan fingerprint density at radius 3 is 2.87 bits per heavy atom. The van der Waals surface area contributed by atoms with Crippen molar-refractivity contribution >= 4 is 33.3 Å². The second-order valence-corrected chi connectivity index (χ2v) is 4.43. The summed E-state index contributed by atoms with van der Waals surface area (Å²) in [4.78, 5) is 11.0.